The van der Waals surface area contributed by atoms with Crippen molar-refractivity contribution < 1.29 is 4.79 Å². The molecule has 3 nitrogen and oxygen atoms in total. The number of benzene rings is 2. The summed E-state index contributed by atoms with van der Waals surface area (Å²) in [6.45, 7) is 4.30. The highest BCUT2D eigenvalue weighted by atomic mass is 16.1. The SMILES string of the molecule is CCc1cccc2c([C@@H](CC(=O)NC3CCCCC3)c3cccc(C)c3)c[nH]c12. The maximum atomic E-state index is 13.0. The summed E-state index contributed by atoms with van der Waals surface area (Å²) in [5, 5.41) is 4.55. The molecule has 3 aromatic rings. The zero-order chi connectivity index (χ0) is 20.2. The van der Waals surface area contributed by atoms with Crippen molar-refractivity contribution in [3.63, 3.8) is 0 Å². The van der Waals surface area contributed by atoms with Gasteiger partial charge in [0.15, 0.2) is 0 Å². The van der Waals surface area contributed by atoms with E-state index in [9.17, 15) is 4.79 Å². The minimum Gasteiger partial charge on any atom is -0.361 e. The van der Waals surface area contributed by atoms with Crippen molar-refractivity contribution in [2.24, 2.45) is 0 Å². The molecule has 29 heavy (non-hydrogen) atoms. The van der Waals surface area contributed by atoms with Gasteiger partial charge >= 0.3 is 0 Å². The van der Waals surface area contributed by atoms with Crippen LogP contribution in [0.2, 0.25) is 0 Å². The molecule has 2 aromatic carbocycles. The second kappa shape index (κ2) is 8.86. The smallest absolute Gasteiger partial charge is 0.221 e. The van der Waals surface area contributed by atoms with Crippen LogP contribution in [0, 0.1) is 6.92 Å². The van der Waals surface area contributed by atoms with E-state index < -0.39 is 0 Å². The number of nitrogens with one attached hydrogen (secondary N) is 2. The van der Waals surface area contributed by atoms with Crippen LogP contribution in [0.3, 0.4) is 0 Å². The van der Waals surface area contributed by atoms with Gasteiger partial charge in [0.25, 0.3) is 0 Å². The molecule has 1 aliphatic rings. The van der Waals surface area contributed by atoms with Crippen LogP contribution in [0.15, 0.2) is 48.7 Å². The summed E-state index contributed by atoms with van der Waals surface area (Å²) in [6, 6.07) is 15.4. The summed E-state index contributed by atoms with van der Waals surface area (Å²) >= 11 is 0. The number of para-hydroxylation sites is 1. The van der Waals surface area contributed by atoms with Gasteiger partial charge in [-0.1, -0.05) is 74.2 Å². The first kappa shape index (κ1) is 19.8. The number of carbonyl (C=O) groups is 1. The van der Waals surface area contributed by atoms with Crippen LogP contribution in [0.5, 0.6) is 0 Å². The highest BCUT2D eigenvalue weighted by Gasteiger charge is 2.24. The number of fused-ring (bicyclic) bond motifs is 1. The summed E-state index contributed by atoms with van der Waals surface area (Å²) in [4.78, 5) is 16.5. The predicted octanol–water partition coefficient (Wildman–Crippen LogP) is 6.01. The minimum atomic E-state index is 0.0550. The molecule has 152 valence electrons. The number of hydrogen-bond donors (Lipinski definition) is 2. The number of aromatic nitrogens is 1. The van der Waals surface area contributed by atoms with Gasteiger partial charge in [-0.25, -0.2) is 0 Å². The fourth-order valence-electron chi connectivity index (χ4n) is 4.83. The lowest BCUT2D eigenvalue weighted by Gasteiger charge is -2.24. The molecular formula is C26H32N2O. The first-order chi connectivity index (χ1) is 14.2. The molecule has 0 unspecified atom stereocenters. The number of carbonyl (C=O) groups excluding carboxylic acids is 1. The van der Waals surface area contributed by atoms with Crippen LogP contribution in [0.1, 0.15) is 73.6 Å². The molecule has 1 saturated carbocycles. The third-order valence-corrected chi connectivity index (χ3v) is 6.39. The maximum Gasteiger partial charge on any atom is 0.221 e. The number of amides is 1. The van der Waals surface area contributed by atoms with E-state index in [-0.39, 0.29) is 11.8 Å². The Morgan fingerprint density at radius 3 is 2.69 bits per heavy atom. The van der Waals surface area contributed by atoms with Crippen LogP contribution in [0.25, 0.3) is 10.9 Å². The van der Waals surface area contributed by atoms with Gasteiger partial charge in [0.2, 0.25) is 5.91 Å². The molecular weight excluding hydrogens is 356 g/mol. The van der Waals surface area contributed by atoms with Gasteiger partial charge in [-0.2, -0.15) is 0 Å². The van der Waals surface area contributed by atoms with E-state index in [4.69, 9.17) is 0 Å². The summed E-state index contributed by atoms with van der Waals surface area (Å²) in [7, 11) is 0. The van der Waals surface area contributed by atoms with Crippen molar-refractivity contribution in [1.29, 1.82) is 0 Å². The lowest BCUT2D eigenvalue weighted by Crippen LogP contribution is -2.36. The standard InChI is InChI=1S/C26H32N2O/c1-3-19-10-8-14-22-24(17-27-26(19)22)23(20-11-7-9-18(2)15-20)16-25(29)28-21-12-5-4-6-13-21/h7-11,14-15,17,21,23,27H,3-6,12-13,16H2,1-2H3,(H,28,29)/t23-/m0/s1. The van der Waals surface area contributed by atoms with Crippen LogP contribution < -0.4 is 5.32 Å². The highest BCUT2D eigenvalue weighted by Crippen LogP contribution is 2.35. The van der Waals surface area contributed by atoms with E-state index in [0.717, 1.165) is 19.3 Å². The number of hydrogen-bond acceptors (Lipinski definition) is 1. The van der Waals surface area contributed by atoms with E-state index in [0.29, 0.717) is 12.5 Å². The van der Waals surface area contributed by atoms with Gasteiger partial charge in [-0.05, 0) is 42.9 Å². The number of aryl methyl sites for hydroxylation is 2. The highest BCUT2D eigenvalue weighted by molar-refractivity contribution is 5.88. The van der Waals surface area contributed by atoms with E-state index in [1.807, 2.05) is 0 Å². The molecule has 1 atom stereocenters. The third-order valence-electron chi connectivity index (χ3n) is 6.39. The Balaban J connectivity index is 1.67. The summed E-state index contributed by atoms with van der Waals surface area (Å²) in [5.41, 5.74) is 6.19. The quantitative estimate of drug-likeness (QED) is 0.534. The van der Waals surface area contributed by atoms with Crippen molar-refractivity contribution >= 4 is 16.8 Å². The van der Waals surface area contributed by atoms with Gasteiger partial charge in [-0.15, -0.1) is 0 Å². The van der Waals surface area contributed by atoms with E-state index in [2.05, 4.69) is 72.8 Å². The molecule has 2 N–H and O–H groups in total. The normalized spacial score (nSPS) is 16.1. The van der Waals surface area contributed by atoms with Crippen molar-refractivity contribution in [3.8, 4) is 0 Å². The summed E-state index contributed by atoms with van der Waals surface area (Å²) in [5.74, 6) is 0.226. The second-order valence-electron chi connectivity index (χ2n) is 8.51. The molecule has 0 bridgehead atoms. The van der Waals surface area contributed by atoms with Crippen LogP contribution in [-0.2, 0) is 11.2 Å². The molecule has 4 rings (SSSR count). The Bertz CT molecular complexity index is 981. The Labute approximate surface area is 173 Å². The van der Waals surface area contributed by atoms with Gasteiger partial charge < -0.3 is 10.3 Å². The predicted molar refractivity (Wildman–Crippen MR) is 120 cm³/mol. The molecule has 1 amide bonds. The summed E-state index contributed by atoms with van der Waals surface area (Å²) < 4.78 is 0. The number of rotatable bonds is 6. The minimum absolute atomic E-state index is 0.0550. The van der Waals surface area contributed by atoms with E-state index in [1.54, 1.807) is 0 Å². The van der Waals surface area contributed by atoms with Crippen molar-refractivity contribution in [2.75, 3.05) is 0 Å². The van der Waals surface area contributed by atoms with E-state index in [1.165, 1.54) is 52.4 Å². The zero-order valence-electron chi connectivity index (χ0n) is 17.6. The fourth-order valence-corrected chi connectivity index (χ4v) is 4.83. The monoisotopic (exact) mass is 388 g/mol. The van der Waals surface area contributed by atoms with Crippen LogP contribution in [-0.4, -0.2) is 16.9 Å². The Hall–Kier alpha value is -2.55. The maximum absolute atomic E-state index is 13.0. The Morgan fingerprint density at radius 1 is 1.14 bits per heavy atom. The molecule has 1 aromatic heterocycles. The zero-order valence-corrected chi connectivity index (χ0v) is 17.6. The topological polar surface area (TPSA) is 44.9 Å². The lowest BCUT2D eigenvalue weighted by atomic mass is 9.86. The van der Waals surface area contributed by atoms with Crippen molar-refractivity contribution in [2.45, 2.75) is 70.8 Å². The largest absolute Gasteiger partial charge is 0.361 e. The van der Waals surface area contributed by atoms with E-state index >= 15 is 0 Å². The number of H-pyrrole nitrogens is 1. The molecule has 1 fully saturated rings. The lowest BCUT2D eigenvalue weighted by molar-refractivity contribution is -0.122. The molecule has 1 aliphatic carbocycles. The Morgan fingerprint density at radius 2 is 1.93 bits per heavy atom. The molecule has 1 heterocycles. The van der Waals surface area contributed by atoms with Gasteiger partial charge in [0.1, 0.15) is 0 Å². The molecule has 0 spiro atoms. The van der Waals surface area contributed by atoms with Crippen molar-refractivity contribution in [3.05, 3.63) is 70.9 Å². The number of aromatic amines is 1. The average molecular weight is 389 g/mol. The molecule has 0 saturated heterocycles. The first-order valence-corrected chi connectivity index (χ1v) is 11.1. The Kier molecular flexibility index (Phi) is 6.03. The third kappa shape index (κ3) is 4.39. The first-order valence-electron chi connectivity index (χ1n) is 11.1. The van der Waals surface area contributed by atoms with Gasteiger partial charge in [0.05, 0.1) is 0 Å². The molecule has 3 heteroatoms. The van der Waals surface area contributed by atoms with Crippen molar-refractivity contribution in [1.82, 2.24) is 10.3 Å². The molecule has 0 radical (unpaired) electrons. The van der Waals surface area contributed by atoms with Gasteiger partial charge in [-0.3, -0.25) is 4.79 Å². The fraction of sp³-hybridized carbons (Fsp3) is 0.423. The molecule has 0 aliphatic heterocycles. The summed E-state index contributed by atoms with van der Waals surface area (Å²) in [6.07, 6.45) is 9.60. The van der Waals surface area contributed by atoms with Crippen LogP contribution in [0.4, 0.5) is 0 Å². The average Bonchev–Trinajstić information content (AvgIpc) is 3.17. The second-order valence-corrected chi connectivity index (χ2v) is 8.51. The van der Waals surface area contributed by atoms with Crippen LogP contribution >= 0.6 is 0 Å². The van der Waals surface area contributed by atoms with Gasteiger partial charge in [0, 0.05) is 35.5 Å².